The molecule has 1 heterocycles. The summed E-state index contributed by atoms with van der Waals surface area (Å²) in [4.78, 5) is 0. The number of piperidine rings is 1. The molecular weight excluding hydrogens is 296 g/mol. The molecule has 1 aliphatic heterocycles. The van der Waals surface area contributed by atoms with E-state index in [1.165, 1.54) is 31.9 Å². The maximum atomic E-state index is 11.6. The average Bonchev–Trinajstić information content (AvgIpc) is 2.45. The molecular formula is C14H27ClN2O2S. The SMILES string of the molecule is CS(=O)(=O)N1CCCC(CNC2CCCCC2CCl)C1. The van der Waals surface area contributed by atoms with Crippen molar-refractivity contribution in [1.82, 2.24) is 9.62 Å². The summed E-state index contributed by atoms with van der Waals surface area (Å²) in [5.41, 5.74) is 0. The Labute approximate surface area is 128 Å². The molecule has 3 atom stereocenters. The van der Waals surface area contributed by atoms with Gasteiger partial charge in [-0.3, -0.25) is 0 Å². The zero-order valence-electron chi connectivity index (χ0n) is 12.4. The Hall–Kier alpha value is 0.160. The predicted molar refractivity (Wildman–Crippen MR) is 83.6 cm³/mol. The maximum Gasteiger partial charge on any atom is 0.211 e. The molecule has 4 nitrogen and oxygen atoms in total. The van der Waals surface area contributed by atoms with Gasteiger partial charge < -0.3 is 5.32 Å². The van der Waals surface area contributed by atoms with Crippen molar-refractivity contribution in [3.63, 3.8) is 0 Å². The van der Waals surface area contributed by atoms with Crippen molar-refractivity contribution in [2.75, 3.05) is 31.8 Å². The molecule has 20 heavy (non-hydrogen) atoms. The van der Waals surface area contributed by atoms with Gasteiger partial charge in [-0.05, 0) is 44.1 Å². The molecule has 0 aromatic carbocycles. The number of hydrogen-bond donors (Lipinski definition) is 1. The molecule has 0 radical (unpaired) electrons. The first-order chi connectivity index (χ1) is 9.50. The smallest absolute Gasteiger partial charge is 0.211 e. The van der Waals surface area contributed by atoms with Crippen molar-refractivity contribution in [1.29, 1.82) is 0 Å². The van der Waals surface area contributed by atoms with Gasteiger partial charge in [-0.1, -0.05) is 12.8 Å². The van der Waals surface area contributed by atoms with E-state index in [-0.39, 0.29) is 0 Å². The van der Waals surface area contributed by atoms with Crippen LogP contribution in [0.2, 0.25) is 0 Å². The zero-order valence-corrected chi connectivity index (χ0v) is 13.9. The summed E-state index contributed by atoms with van der Waals surface area (Å²) in [6.07, 6.45) is 8.42. The van der Waals surface area contributed by atoms with Crippen LogP contribution in [-0.2, 0) is 10.0 Å². The van der Waals surface area contributed by atoms with Crippen molar-refractivity contribution < 1.29 is 8.42 Å². The summed E-state index contributed by atoms with van der Waals surface area (Å²) in [5.74, 6) is 1.76. The van der Waals surface area contributed by atoms with E-state index in [0.717, 1.165) is 25.3 Å². The summed E-state index contributed by atoms with van der Waals surface area (Å²) in [6.45, 7) is 2.28. The normalized spacial score (nSPS) is 33.2. The second kappa shape index (κ2) is 7.43. The van der Waals surface area contributed by atoms with Crippen LogP contribution >= 0.6 is 11.6 Å². The summed E-state index contributed by atoms with van der Waals surface area (Å²) < 4.78 is 24.9. The van der Waals surface area contributed by atoms with Gasteiger partial charge in [-0.2, -0.15) is 0 Å². The van der Waals surface area contributed by atoms with Crippen molar-refractivity contribution in [3.05, 3.63) is 0 Å². The van der Waals surface area contributed by atoms with E-state index in [0.29, 0.717) is 31.0 Å². The first kappa shape index (κ1) is 16.5. The number of hydrogen-bond acceptors (Lipinski definition) is 3. The third-order valence-corrected chi connectivity index (χ3v) is 6.39. The van der Waals surface area contributed by atoms with Crippen molar-refractivity contribution >= 4 is 21.6 Å². The van der Waals surface area contributed by atoms with E-state index in [1.54, 1.807) is 4.31 Å². The van der Waals surface area contributed by atoms with Crippen LogP contribution in [-0.4, -0.2) is 50.5 Å². The van der Waals surface area contributed by atoms with Crippen LogP contribution in [0.25, 0.3) is 0 Å². The molecule has 2 fully saturated rings. The van der Waals surface area contributed by atoms with Gasteiger partial charge in [0.05, 0.1) is 6.26 Å². The molecule has 1 saturated heterocycles. The number of rotatable bonds is 5. The van der Waals surface area contributed by atoms with Crippen LogP contribution in [0.3, 0.4) is 0 Å². The molecule has 0 spiro atoms. The molecule has 2 aliphatic rings. The van der Waals surface area contributed by atoms with Crippen molar-refractivity contribution in [3.8, 4) is 0 Å². The molecule has 0 aromatic heterocycles. The maximum absolute atomic E-state index is 11.6. The number of nitrogens with zero attached hydrogens (tertiary/aromatic N) is 1. The second-order valence-electron chi connectivity index (χ2n) is 6.34. The van der Waals surface area contributed by atoms with Gasteiger partial charge in [0.15, 0.2) is 0 Å². The number of nitrogens with one attached hydrogen (secondary N) is 1. The third kappa shape index (κ3) is 4.58. The molecule has 0 aromatic rings. The molecule has 1 saturated carbocycles. The topological polar surface area (TPSA) is 49.4 Å². The van der Waals surface area contributed by atoms with E-state index in [9.17, 15) is 8.42 Å². The Morgan fingerprint density at radius 1 is 1.20 bits per heavy atom. The van der Waals surface area contributed by atoms with Gasteiger partial charge in [-0.15, -0.1) is 11.6 Å². The molecule has 6 heteroatoms. The number of alkyl halides is 1. The lowest BCUT2D eigenvalue weighted by atomic mass is 9.85. The fraction of sp³-hybridized carbons (Fsp3) is 1.00. The molecule has 3 unspecified atom stereocenters. The Balaban J connectivity index is 1.81. The van der Waals surface area contributed by atoms with Gasteiger partial charge in [0.1, 0.15) is 0 Å². The van der Waals surface area contributed by atoms with Crippen LogP contribution in [0.1, 0.15) is 38.5 Å². The summed E-state index contributed by atoms with van der Waals surface area (Å²) in [5, 5.41) is 3.66. The lowest BCUT2D eigenvalue weighted by Gasteiger charge is -2.35. The molecule has 0 amide bonds. The van der Waals surface area contributed by atoms with E-state index < -0.39 is 10.0 Å². The predicted octanol–water partition coefficient (Wildman–Crippen LogP) is 2.05. The van der Waals surface area contributed by atoms with Crippen LogP contribution in [0.5, 0.6) is 0 Å². The Morgan fingerprint density at radius 2 is 1.95 bits per heavy atom. The van der Waals surface area contributed by atoms with E-state index in [1.807, 2.05) is 0 Å². The van der Waals surface area contributed by atoms with E-state index >= 15 is 0 Å². The minimum atomic E-state index is -3.03. The number of halogens is 1. The highest BCUT2D eigenvalue weighted by molar-refractivity contribution is 7.88. The average molecular weight is 323 g/mol. The fourth-order valence-corrected chi connectivity index (χ4v) is 4.79. The minimum Gasteiger partial charge on any atom is -0.313 e. The largest absolute Gasteiger partial charge is 0.313 e. The molecule has 1 aliphatic carbocycles. The third-order valence-electron chi connectivity index (χ3n) is 4.73. The van der Waals surface area contributed by atoms with Crippen LogP contribution in [0.15, 0.2) is 0 Å². The quantitative estimate of drug-likeness (QED) is 0.788. The monoisotopic (exact) mass is 322 g/mol. The summed E-state index contributed by atoms with van der Waals surface area (Å²) >= 11 is 6.05. The lowest BCUT2D eigenvalue weighted by molar-refractivity contribution is 0.227. The Morgan fingerprint density at radius 3 is 2.65 bits per heavy atom. The van der Waals surface area contributed by atoms with Crippen LogP contribution in [0, 0.1) is 11.8 Å². The van der Waals surface area contributed by atoms with Crippen LogP contribution < -0.4 is 5.32 Å². The first-order valence-corrected chi connectivity index (χ1v) is 10.1. The van der Waals surface area contributed by atoms with Gasteiger partial charge in [0.2, 0.25) is 10.0 Å². The first-order valence-electron chi connectivity index (χ1n) is 7.75. The van der Waals surface area contributed by atoms with Crippen LogP contribution in [0.4, 0.5) is 0 Å². The fourth-order valence-electron chi connectivity index (χ4n) is 3.47. The highest BCUT2D eigenvalue weighted by Crippen LogP contribution is 2.26. The lowest BCUT2D eigenvalue weighted by Crippen LogP contribution is -2.46. The van der Waals surface area contributed by atoms with Gasteiger partial charge in [0, 0.05) is 25.0 Å². The van der Waals surface area contributed by atoms with E-state index in [4.69, 9.17) is 11.6 Å². The second-order valence-corrected chi connectivity index (χ2v) is 8.63. The molecule has 1 N–H and O–H groups in total. The van der Waals surface area contributed by atoms with Gasteiger partial charge >= 0.3 is 0 Å². The Kier molecular flexibility index (Phi) is 6.14. The minimum absolute atomic E-state index is 0.441. The van der Waals surface area contributed by atoms with Gasteiger partial charge in [-0.25, -0.2) is 12.7 Å². The van der Waals surface area contributed by atoms with Gasteiger partial charge in [0.25, 0.3) is 0 Å². The Bertz CT molecular complexity index is 402. The zero-order chi connectivity index (χ0) is 14.6. The van der Waals surface area contributed by atoms with E-state index in [2.05, 4.69) is 5.32 Å². The standard InChI is InChI=1S/C14H27ClN2O2S/c1-20(18,19)17-8-4-5-12(11-17)10-16-14-7-3-2-6-13(14)9-15/h12-14,16H,2-11H2,1H3. The summed E-state index contributed by atoms with van der Waals surface area (Å²) in [7, 11) is -3.03. The highest BCUT2D eigenvalue weighted by Gasteiger charge is 2.28. The number of sulfonamides is 1. The molecule has 118 valence electrons. The highest BCUT2D eigenvalue weighted by atomic mass is 35.5. The molecule has 2 rings (SSSR count). The van der Waals surface area contributed by atoms with Crippen molar-refractivity contribution in [2.45, 2.75) is 44.6 Å². The summed E-state index contributed by atoms with van der Waals surface area (Å²) in [6, 6.07) is 0.523. The molecule has 0 bridgehead atoms. The van der Waals surface area contributed by atoms with Crippen molar-refractivity contribution in [2.24, 2.45) is 11.8 Å².